The molecule has 0 radical (unpaired) electrons. The summed E-state index contributed by atoms with van der Waals surface area (Å²) in [7, 11) is -3.55. The van der Waals surface area contributed by atoms with Gasteiger partial charge in [-0.25, -0.2) is 13.4 Å². The quantitative estimate of drug-likeness (QED) is 0.457. The molecule has 1 saturated heterocycles. The van der Waals surface area contributed by atoms with Crippen LogP contribution in [0.1, 0.15) is 50.9 Å². The van der Waals surface area contributed by atoms with Gasteiger partial charge in [0.2, 0.25) is 15.9 Å². The van der Waals surface area contributed by atoms with Crippen LogP contribution < -0.4 is 4.74 Å². The lowest BCUT2D eigenvalue weighted by Crippen LogP contribution is -2.49. The van der Waals surface area contributed by atoms with Crippen molar-refractivity contribution in [3.8, 4) is 5.88 Å². The van der Waals surface area contributed by atoms with Crippen LogP contribution in [0.5, 0.6) is 5.88 Å². The van der Waals surface area contributed by atoms with Gasteiger partial charge in [0.05, 0.1) is 21.8 Å². The number of ether oxygens (including phenoxy) is 1. The molecule has 7 nitrogen and oxygen atoms in total. The fourth-order valence-corrected chi connectivity index (χ4v) is 6.48. The van der Waals surface area contributed by atoms with Gasteiger partial charge >= 0.3 is 0 Å². The van der Waals surface area contributed by atoms with E-state index in [-0.39, 0.29) is 17.0 Å². The first-order chi connectivity index (χ1) is 16.9. The molecular weight excluding hydrogens is 484 g/mol. The minimum Gasteiger partial charge on any atom is -0.474 e. The second kappa shape index (κ2) is 10.4. The minimum atomic E-state index is -3.55. The predicted molar refractivity (Wildman–Crippen MR) is 137 cm³/mol. The first kappa shape index (κ1) is 24.4. The van der Waals surface area contributed by atoms with Gasteiger partial charge in [-0.2, -0.15) is 9.29 Å². The molecule has 35 heavy (non-hydrogen) atoms. The molecule has 5 rings (SSSR count). The van der Waals surface area contributed by atoms with Crippen molar-refractivity contribution in [1.29, 1.82) is 0 Å². The van der Waals surface area contributed by atoms with Crippen molar-refractivity contribution in [2.24, 2.45) is 0 Å². The molecule has 1 aromatic heterocycles. The zero-order chi connectivity index (χ0) is 24.4. The number of para-hydroxylation sites is 1. The molecule has 0 bridgehead atoms. The number of fused-ring (bicyclic) bond motifs is 1. The summed E-state index contributed by atoms with van der Waals surface area (Å²) in [5.41, 5.74) is 0.874. The first-order valence-corrected chi connectivity index (χ1v) is 14.2. The SMILES string of the molecule is CC(c1nc(OC2CCCCC2)c2ccccc2n1)N1CCN(S(=O)(=O)c2ccc(Cl)cc2)CC1. The zero-order valence-electron chi connectivity index (χ0n) is 19.9. The number of piperazine rings is 1. The Morgan fingerprint density at radius 3 is 2.34 bits per heavy atom. The Bertz CT molecular complexity index is 1270. The van der Waals surface area contributed by atoms with E-state index >= 15 is 0 Å². The van der Waals surface area contributed by atoms with Gasteiger partial charge in [0.1, 0.15) is 11.9 Å². The van der Waals surface area contributed by atoms with Gasteiger partial charge in [0, 0.05) is 31.2 Å². The fraction of sp³-hybridized carbons (Fsp3) is 0.462. The summed E-state index contributed by atoms with van der Waals surface area (Å²) in [6.45, 7) is 4.10. The van der Waals surface area contributed by atoms with Crippen LogP contribution >= 0.6 is 11.6 Å². The Balaban J connectivity index is 1.32. The van der Waals surface area contributed by atoms with E-state index in [4.69, 9.17) is 26.3 Å². The van der Waals surface area contributed by atoms with Crippen molar-refractivity contribution in [1.82, 2.24) is 19.2 Å². The third-order valence-electron chi connectivity index (χ3n) is 7.06. The maximum absolute atomic E-state index is 13.0. The van der Waals surface area contributed by atoms with E-state index in [1.54, 1.807) is 28.6 Å². The maximum Gasteiger partial charge on any atom is 0.243 e. The van der Waals surface area contributed by atoms with Crippen LogP contribution in [0, 0.1) is 0 Å². The van der Waals surface area contributed by atoms with Crippen molar-refractivity contribution in [2.75, 3.05) is 26.2 Å². The van der Waals surface area contributed by atoms with Gasteiger partial charge in [0.15, 0.2) is 0 Å². The Labute approximate surface area is 212 Å². The number of nitrogens with zero attached hydrogens (tertiary/aromatic N) is 4. The Hall–Kier alpha value is -2.26. The first-order valence-electron chi connectivity index (χ1n) is 12.3. The lowest BCUT2D eigenvalue weighted by molar-refractivity contribution is 0.135. The average Bonchev–Trinajstić information content (AvgIpc) is 2.89. The van der Waals surface area contributed by atoms with Crippen LogP contribution in [-0.4, -0.2) is 59.9 Å². The molecule has 0 spiro atoms. The molecule has 2 heterocycles. The number of halogens is 1. The average molecular weight is 515 g/mol. The standard InChI is InChI=1S/C26H31ClN4O3S/c1-19(30-15-17-31(18-16-30)35(32,33)22-13-11-20(27)12-14-22)25-28-24-10-6-5-9-23(24)26(29-25)34-21-7-3-2-4-8-21/h5-6,9-14,19,21H,2-4,7-8,15-18H2,1H3. The number of hydrogen-bond donors (Lipinski definition) is 0. The third-order valence-corrected chi connectivity index (χ3v) is 9.23. The van der Waals surface area contributed by atoms with Crippen molar-refractivity contribution < 1.29 is 13.2 Å². The highest BCUT2D eigenvalue weighted by atomic mass is 35.5. The van der Waals surface area contributed by atoms with Gasteiger partial charge < -0.3 is 4.74 Å². The molecule has 1 atom stereocenters. The molecular formula is C26H31ClN4O3S. The summed E-state index contributed by atoms with van der Waals surface area (Å²) in [4.78, 5) is 12.2. The van der Waals surface area contributed by atoms with Crippen LogP contribution in [0.25, 0.3) is 10.9 Å². The third kappa shape index (κ3) is 5.31. The summed E-state index contributed by atoms with van der Waals surface area (Å²) in [5.74, 6) is 1.37. The Morgan fingerprint density at radius 1 is 0.943 bits per heavy atom. The van der Waals surface area contributed by atoms with E-state index in [1.807, 2.05) is 24.3 Å². The lowest BCUT2D eigenvalue weighted by atomic mass is 9.98. The molecule has 186 valence electrons. The summed E-state index contributed by atoms with van der Waals surface area (Å²) in [5, 5.41) is 1.46. The van der Waals surface area contributed by atoms with Crippen LogP contribution in [0.15, 0.2) is 53.4 Å². The summed E-state index contributed by atoms with van der Waals surface area (Å²) in [6.07, 6.45) is 5.99. The monoisotopic (exact) mass is 514 g/mol. The smallest absolute Gasteiger partial charge is 0.243 e. The number of aromatic nitrogens is 2. The van der Waals surface area contributed by atoms with Crippen LogP contribution in [-0.2, 0) is 10.0 Å². The highest BCUT2D eigenvalue weighted by Gasteiger charge is 2.31. The van der Waals surface area contributed by atoms with Gasteiger partial charge in [-0.3, -0.25) is 4.90 Å². The number of hydrogen-bond acceptors (Lipinski definition) is 6. The van der Waals surface area contributed by atoms with E-state index in [9.17, 15) is 8.42 Å². The van der Waals surface area contributed by atoms with Crippen LogP contribution in [0.2, 0.25) is 5.02 Å². The van der Waals surface area contributed by atoms with Crippen molar-refractivity contribution in [2.45, 2.75) is 56.1 Å². The number of benzene rings is 2. The maximum atomic E-state index is 13.0. The summed E-state index contributed by atoms with van der Waals surface area (Å²) in [6, 6.07) is 14.3. The van der Waals surface area contributed by atoms with Crippen LogP contribution in [0.3, 0.4) is 0 Å². The second-order valence-corrected chi connectivity index (χ2v) is 11.7. The summed E-state index contributed by atoms with van der Waals surface area (Å²) >= 11 is 5.93. The zero-order valence-corrected chi connectivity index (χ0v) is 21.5. The second-order valence-electron chi connectivity index (χ2n) is 9.35. The van der Waals surface area contributed by atoms with E-state index < -0.39 is 10.0 Å². The molecule has 2 aromatic carbocycles. The predicted octanol–water partition coefficient (Wildman–Crippen LogP) is 5.06. The topological polar surface area (TPSA) is 75.6 Å². The molecule has 2 fully saturated rings. The molecule has 9 heteroatoms. The van der Waals surface area contributed by atoms with Gasteiger partial charge in [-0.05, 0) is 69.0 Å². The highest BCUT2D eigenvalue weighted by molar-refractivity contribution is 7.89. The normalized spacial score (nSPS) is 19.6. The van der Waals surface area contributed by atoms with Crippen molar-refractivity contribution in [3.63, 3.8) is 0 Å². The van der Waals surface area contributed by atoms with Gasteiger partial charge in [-0.1, -0.05) is 30.2 Å². The molecule has 1 unspecified atom stereocenters. The van der Waals surface area contributed by atoms with Gasteiger partial charge in [-0.15, -0.1) is 0 Å². The van der Waals surface area contributed by atoms with Gasteiger partial charge in [0.25, 0.3) is 0 Å². The largest absolute Gasteiger partial charge is 0.474 e. The molecule has 0 amide bonds. The fourth-order valence-electron chi connectivity index (χ4n) is 4.93. The van der Waals surface area contributed by atoms with E-state index in [0.29, 0.717) is 42.9 Å². The lowest BCUT2D eigenvalue weighted by Gasteiger charge is -2.37. The van der Waals surface area contributed by atoms with E-state index in [0.717, 1.165) is 23.7 Å². The van der Waals surface area contributed by atoms with Crippen LogP contribution in [0.4, 0.5) is 0 Å². The molecule has 3 aromatic rings. The Kier molecular flexibility index (Phi) is 7.25. The molecule has 1 aliphatic carbocycles. The van der Waals surface area contributed by atoms with E-state index in [1.165, 1.54) is 19.3 Å². The molecule has 1 saturated carbocycles. The highest BCUT2D eigenvalue weighted by Crippen LogP contribution is 2.30. The molecule has 1 aliphatic heterocycles. The minimum absolute atomic E-state index is 0.0614. The number of sulfonamides is 1. The molecule has 0 N–H and O–H groups in total. The Morgan fingerprint density at radius 2 is 1.63 bits per heavy atom. The van der Waals surface area contributed by atoms with Crippen molar-refractivity contribution in [3.05, 3.63) is 59.4 Å². The molecule has 2 aliphatic rings. The van der Waals surface area contributed by atoms with E-state index in [2.05, 4.69) is 11.8 Å². The summed E-state index contributed by atoms with van der Waals surface area (Å²) < 4.78 is 34.0. The van der Waals surface area contributed by atoms with Crippen molar-refractivity contribution >= 4 is 32.5 Å². The number of rotatable bonds is 6.